The average molecular weight is 291 g/mol. The van der Waals surface area contributed by atoms with Crippen molar-refractivity contribution in [3.63, 3.8) is 0 Å². The number of aromatic nitrogens is 2. The van der Waals surface area contributed by atoms with Crippen LogP contribution < -0.4 is 5.32 Å². The van der Waals surface area contributed by atoms with Crippen molar-refractivity contribution >= 4 is 11.9 Å². The molecule has 4 aliphatic rings. The van der Waals surface area contributed by atoms with Gasteiger partial charge in [0.2, 0.25) is 17.7 Å². The Bertz CT molecular complexity index is 612. The summed E-state index contributed by atoms with van der Waals surface area (Å²) >= 11 is 0. The zero-order valence-electron chi connectivity index (χ0n) is 11.8. The Kier molecular flexibility index (Phi) is 2.34. The molecule has 112 valence electrons. The Balaban J connectivity index is 1.28. The van der Waals surface area contributed by atoms with Crippen LogP contribution in [-0.4, -0.2) is 33.2 Å². The molecule has 7 heteroatoms. The van der Waals surface area contributed by atoms with Crippen LogP contribution >= 0.6 is 0 Å². The summed E-state index contributed by atoms with van der Waals surface area (Å²) in [7, 11) is 0. The van der Waals surface area contributed by atoms with Crippen molar-refractivity contribution in [3.05, 3.63) is 11.8 Å². The fraction of sp³-hybridized carbons (Fsp3) is 0.714. The van der Waals surface area contributed by atoms with Crippen LogP contribution in [0, 0.1) is 17.8 Å². The molecule has 5 rings (SSSR count). The van der Waals surface area contributed by atoms with E-state index in [2.05, 4.69) is 15.5 Å². The predicted molar refractivity (Wildman–Crippen MR) is 69.3 cm³/mol. The normalized spacial score (nSPS) is 39.7. The van der Waals surface area contributed by atoms with Crippen LogP contribution in [0.4, 0.5) is 0 Å². The van der Waals surface area contributed by atoms with E-state index < -0.39 is 16.8 Å². The van der Waals surface area contributed by atoms with E-state index in [-0.39, 0.29) is 17.9 Å². The number of aliphatic carboxylic acids is 1. The van der Waals surface area contributed by atoms with Gasteiger partial charge in [0.1, 0.15) is 0 Å². The van der Waals surface area contributed by atoms with Crippen molar-refractivity contribution in [1.29, 1.82) is 0 Å². The summed E-state index contributed by atoms with van der Waals surface area (Å²) in [6, 6.07) is 0.143. The number of nitrogens with zero attached hydrogens (tertiary/aromatic N) is 2. The van der Waals surface area contributed by atoms with Gasteiger partial charge in [-0.25, -0.2) is 0 Å². The lowest BCUT2D eigenvalue weighted by Crippen LogP contribution is -2.71. The second-order valence-electron chi connectivity index (χ2n) is 6.89. The zero-order chi connectivity index (χ0) is 14.8. The van der Waals surface area contributed by atoms with Crippen molar-refractivity contribution < 1.29 is 19.1 Å². The highest BCUT2D eigenvalue weighted by Gasteiger charge is 2.75. The molecule has 0 saturated heterocycles. The third-order valence-corrected chi connectivity index (χ3v) is 5.33. The molecule has 0 atom stereocenters. The number of carbonyl (C=O) groups excluding carboxylic acids is 1. The number of amides is 1. The number of carboxylic acid groups (broad SMARTS) is 1. The van der Waals surface area contributed by atoms with Crippen molar-refractivity contribution in [2.45, 2.75) is 51.0 Å². The van der Waals surface area contributed by atoms with Crippen LogP contribution in [0.25, 0.3) is 0 Å². The molecular weight excluding hydrogens is 274 g/mol. The summed E-state index contributed by atoms with van der Waals surface area (Å²) in [6.07, 6.45) is 3.13. The number of rotatable bonds is 4. The van der Waals surface area contributed by atoms with E-state index in [0.717, 1.165) is 12.8 Å². The van der Waals surface area contributed by atoms with E-state index in [0.29, 0.717) is 31.0 Å². The van der Waals surface area contributed by atoms with Gasteiger partial charge in [0.25, 0.3) is 0 Å². The third-order valence-electron chi connectivity index (χ3n) is 5.33. The van der Waals surface area contributed by atoms with Crippen molar-refractivity contribution in [3.8, 4) is 0 Å². The quantitative estimate of drug-likeness (QED) is 0.857. The maximum absolute atomic E-state index is 12.2. The van der Waals surface area contributed by atoms with Crippen LogP contribution in [-0.2, 0) is 9.59 Å². The van der Waals surface area contributed by atoms with Crippen LogP contribution in [0.3, 0.4) is 0 Å². The molecule has 4 fully saturated rings. The minimum absolute atomic E-state index is 0.0239. The number of aryl methyl sites for hydroxylation is 1. The Labute approximate surface area is 121 Å². The summed E-state index contributed by atoms with van der Waals surface area (Å²) in [5.41, 5.74) is -0.995. The summed E-state index contributed by atoms with van der Waals surface area (Å²) < 4.78 is 5.39. The molecule has 2 N–H and O–H groups in total. The van der Waals surface area contributed by atoms with E-state index in [1.54, 1.807) is 6.92 Å². The van der Waals surface area contributed by atoms with Gasteiger partial charge >= 0.3 is 5.97 Å². The molecule has 0 spiro atoms. The SMILES string of the molecule is Cc1nnc(C2CC(NC(=O)C34CC(C(=O)O)(C3)C4)C2)o1. The van der Waals surface area contributed by atoms with Crippen LogP contribution in [0.2, 0.25) is 0 Å². The van der Waals surface area contributed by atoms with Crippen LogP contribution in [0.15, 0.2) is 4.42 Å². The fourth-order valence-corrected chi connectivity index (χ4v) is 4.01. The topological polar surface area (TPSA) is 105 Å². The summed E-state index contributed by atoms with van der Waals surface area (Å²) in [5.74, 6) is 0.706. The molecule has 1 heterocycles. The van der Waals surface area contributed by atoms with Gasteiger partial charge < -0.3 is 14.8 Å². The third kappa shape index (κ3) is 1.66. The van der Waals surface area contributed by atoms with Crippen molar-refractivity contribution in [2.24, 2.45) is 10.8 Å². The first-order valence-corrected chi connectivity index (χ1v) is 7.27. The highest BCUT2D eigenvalue weighted by atomic mass is 16.4. The minimum Gasteiger partial charge on any atom is -0.481 e. The Morgan fingerprint density at radius 2 is 1.90 bits per heavy atom. The lowest BCUT2D eigenvalue weighted by Gasteiger charge is -2.66. The molecule has 0 aliphatic heterocycles. The van der Waals surface area contributed by atoms with Crippen LogP contribution in [0.1, 0.15) is 49.8 Å². The second-order valence-corrected chi connectivity index (χ2v) is 6.89. The summed E-state index contributed by atoms with van der Waals surface area (Å²) in [4.78, 5) is 23.3. The first-order chi connectivity index (χ1) is 9.92. The largest absolute Gasteiger partial charge is 0.481 e. The van der Waals surface area contributed by atoms with E-state index in [1.165, 1.54) is 0 Å². The molecule has 4 aliphatic carbocycles. The standard InChI is InChI=1S/C14H17N3O4/c1-7-16-17-10(21-7)8-2-9(3-8)15-11(18)13-4-14(5-13,6-13)12(19)20/h8-9H,2-6H2,1H3,(H,15,18)(H,19,20). The lowest BCUT2D eigenvalue weighted by atomic mass is 9.35. The van der Waals surface area contributed by atoms with E-state index >= 15 is 0 Å². The first-order valence-electron chi connectivity index (χ1n) is 7.27. The molecule has 1 amide bonds. The van der Waals surface area contributed by atoms with Gasteiger partial charge in [0.05, 0.1) is 10.8 Å². The smallest absolute Gasteiger partial charge is 0.309 e. The minimum atomic E-state index is -0.757. The number of hydrogen-bond acceptors (Lipinski definition) is 5. The predicted octanol–water partition coefficient (Wildman–Crippen LogP) is 0.995. The zero-order valence-corrected chi connectivity index (χ0v) is 11.8. The van der Waals surface area contributed by atoms with Gasteiger partial charge in [0, 0.05) is 18.9 Å². The number of carbonyl (C=O) groups is 2. The molecule has 21 heavy (non-hydrogen) atoms. The van der Waals surface area contributed by atoms with E-state index in [1.807, 2.05) is 0 Å². The second kappa shape index (κ2) is 3.84. The van der Waals surface area contributed by atoms with Gasteiger partial charge in [-0.15, -0.1) is 10.2 Å². The number of hydrogen-bond donors (Lipinski definition) is 2. The number of carboxylic acids is 1. The Hall–Kier alpha value is -1.92. The van der Waals surface area contributed by atoms with Gasteiger partial charge in [0.15, 0.2) is 0 Å². The van der Waals surface area contributed by atoms with Gasteiger partial charge in [-0.05, 0) is 32.1 Å². The highest BCUT2D eigenvalue weighted by molar-refractivity contribution is 5.93. The first kappa shape index (κ1) is 12.8. The Morgan fingerprint density at radius 1 is 1.24 bits per heavy atom. The average Bonchev–Trinajstić information content (AvgIpc) is 2.64. The molecule has 1 aromatic heterocycles. The highest BCUT2D eigenvalue weighted by Crippen LogP contribution is 2.73. The molecule has 0 unspecified atom stereocenters. The van der Waals surface area contributed by atoms with Crippen molar-refractivity contribution in [1.82, 2.24) is 15.5 Å². The molecule has 7 nitrogen and oxygen atoms in total. The Morgan fingerprint density at radius 3 is 2.43 bits per heavy atom. The molecule has 2 bridgehead atoms. The summed E-state index contributed by atoms with van der Waals surface area (Å²) in [5, 5.41) is 19.9. The number of nitrogens with one attached hydrogen (secondary N) is 1. The van der Waals surface area contributed by atoms with E-state index in [9.17, 15) is 9.59 Å². The monoisotopic (exact) mass is 291 g/mol. The molecule has 0 aromatic carbocycles. The lowest BCUT2D eigenvalue weighted by molar-refractivity contribution is -0.221. The fourth-order valence-electron chi connectivity index (χ4n) is 4.01. The maximum Gasteiger partial charge on any atom is 0.309 e. The van der Waals surface area contributed by atoms with Crippen molar-refractivity contribution in [2.75, 3.05) is 0 Å². The molecule has 1 aromatic rings. The summed E-state index contributed by atoms with van der Waals surface area (Å²) in [6.45, 7) is 1.76. The van der Waals surface area contributed by atoms with Gasteiger partial charge in [-0.1, -0.05) is 0 Å². The van der Waals surface area contributed by atoms with E-state index in [4.69, 9.17) is 9.52 Å². The molecule has 0 radical (unpaired) electrons. The maximum atomic E-state index is 12.2. The molecule has 4 saturated carbocycles. The van der Waals surface area contributed by atoms with Gasteiger partial charge in [-0.2, -0.15) is 0 Å². The molecular formula is C14H17N3O4. The van der Waals surface area contributed by atoms with Gasteiger partial charge in [-0.3, -0.25) is 9.59 Å². The van der Waals surface area contributed by atoms with Crippen LogP contribution in [0.5, 0.6) is 0 Å².